The van der Waals surface area contributed by atoms with Crippen LogP contribution in [0.5, 0.6) is 0 Å². The molecule has 3 heteroatoms. The second-order valence-corrected chi connectivity index (χ2v) is 3.35. The molecule has 0 saturated heterocycles. The van der Waals surface area contributed by atoms with Crippen molar-refractivity contribution in [2.24, 2.45) is 0 Å². The summed E-state index contributed by atoms with van der Waals surface area (Å²) in [4.78, 5) is 8.24. The van der Waals surface area contributed by atoms with Crippen molar-refractivity contribution in [3.8, 4) is 0 Å². The molecule has 72 valence electrons. The lowest BCUT2D eigenvalue weighted by molar-refractivity contribution is 0.689. The van der Waals surface area contributed by atoms with Crippen molar-refractivity contribution >= 4 is 5.69 Å². The van der Waals surface area contributed by atoms with Crippen LogP contribution < -0.4 is 5.32 Å². The Labute approximate surface area is 79.6 Å². The molecule has 13 heavy (non-hydrogen) atoms. The molecule has 0 aliphatic carbocycles. The number of rotatable bonds is 4. The van der Waals surface area contributed by atoms with Crippen LogP contribution in [0.3, 0.4) is 0 Å². The van der Waals surface area contributed by atoms with Gasteiger partial charge in [-0.1, -0.05) is 13.3 Å². The van der Waals surface area contributed by atoms with Crippen molar-refractivity contribution in [1.82, 2.24) is 9.97 Å². The Kier molecular flexibility index (Phi) is 3.68. The predicted octanol–water partition coefficient (Wildman–Crippen LogP) is 2.39. The molecule has 0 aliphatic rings. The third-order valence-corrected chi connectivity index (χ3v) is 1.92. The summed E-state index contributed by atoms with van der Waals surface area (Å²) in [5.74, 6) is 0.814. The van der Waals surface area contributed by atoms with E-state index in [0.29, 0.717) is 6.04 Å². The van der Waals surface area contributed by atoms with Crippen LogP contribution in [0.4, 0.5) is 5.69 Å². The zero-order valence-corrected chi connectivity index (χ0v) is 8.54. The highest BCUT2D eigenvalue weighted by Gasteiger charge is 2.00. The van der Waals surface area contributed by atoms with Crippen LogP contribution in [-0.4, -0.2) is 16.0 Å². The minimum Gasteiger partial charge on any atom is -0.380 e. The molecule has 0 aliphatic heterocycles. The maximum absolute atomic E-state index is 4.12. The van der Waals surface area contributed by atoms with Gasteiger partial charge in [0, 0.05) is 6.04 Å². The van der Waals surface area contributed by atoms with Gasteiger partial charge in [0.1, 0.15) is 5.82 Å². The Hall–Kier alpha value is -1.12. The number of anilines is 1. The van der Waals surface area contributed by atoms with Gasteiger partial charge in [0.15, 0.2) is 0 Å². The fraction of sp³-hybridized carbons (Fsp3) is 0.600. The quantitative estimate of drug-likeness (QED) is 0.771. The molecule has 1 unspecified atom stereocenters. The van der Waals surface area contributed by atoms with E-state index in [1.54, 1.807) is 0 Å². The Morgan fingerprint density at radius 1 is 1.38 bits per heavy atom. The number of aromatic nitrogens is 2. The SMILES string of the molecule is CCCC(C)Nc1cnc(C)nc1. The van der Waals surface area contributed by atoms with Gasteiger partial charge in [-0.05, 0) is 20.3 Å². The maximum Gasteiger partial charge on any atom is 0.125 e. The number of hydrogen-bond donors (Lipinski definition) is 1. The highest BCUT2D eigenvalue weighted by Crippen LogP contribution is 2.07. The zero-order chi connectivity index (χ0) is 9.68. The van der Waals surface area contributed by atoms with E-state index in [4.69, 9.17) is 0 Å². The first-order chi connectivity index (χ1) is 6.22. The molecule has 0 fully saturated rings. The second kappa shape index (κ2) is 4.80. The van der Waals surface area contributed by atoms with Crippen LogP contribution in [0.15, 0.2) is 12.4 Å². The average molecular weight is 179 g/mol. The van der Waals surface area contributed by atoms with Crippen LogP contribution >= 0.6 is 0 Å². The van der Waals surface area contributed by atoms with E-state index in [2.05, 4.69) is 29.1 Å². The molecular formula is C10H17N3. The summed E-state index contributed by atoms with van der Waals surface area (Å²) < 4.78 is 0. The first-order valence-electron chi connectivity index (χ1n) is 4.77. The lowest BCUT2D eigenvalue weighted by Crippen LogP contribution is -2.14. The lowest BCUT2D eigenvalue weighted by Gasteiger charge is -2.13. The van der Waals surface area contributed by atoms with Gasteiger partial charge >= 0.3 is 0 Å². The van der Waals surface area contributed by atoms with Gasteiger partial charge in [0.25, 0.3) is 0 Å². The average Bonchev–Trinajstić information content (AvgIpc) is 2.09. The van der Waals surface area contributed by atoms with Crippen LogP contribution in [0, 0.1) is 6.92 Å². The van der Waals surface area contributed by atoms with Crippen molar-refractivity contribution in [3.63, 3.8) is 0 Å². The fourth-order valence-corrected chi connectivity index (χ4v) is 1.26. The van der Waals surface area contributed by atoms with Crippen molar-refractivity contribution in [2.45, 2.75) is 39.7 Å². The van der Waals surface area contributed by atoms with E-state index in [1.807, 2.05) is 19.3 Å². The third kappa shape index (κ3) is 3.40. The summed E-state index contributed by atoms with van der Waals surface area (Å²) in [5, 5.41) is 3.34. The fourth-order valence-electron chi connectivity index (χ4n) is 1.26. The van der Waals surface area contributed by atoms with Crippen LogP contribution in [0.2, 0.25) is 0 Å². The molecule has 0 aromatic carbocycles. The predicted molar refractivity (Wildman–Crippen MR) is 54.8 cm³/mol. The molecule has 0 bridgehead atoms. The van der Waals surface area contributed by atoms with E-state index in [1.165, 1.54) is 12.8 Å². The van der Waals surface area contributed by atoms with Gasteiger partial charge < -0.3 is 5.32 Å². The molecule has 1 heterocycles. The monoisotopic (exact) mass is 179 g/mol. The number of aryl methyl sites for hydroxylation is 1. The first-order valence-corrected chi connectivity index (χ1v) is 4.77. The van der Waals surface area contributed by atoms with Crippen molar-refractivity contribution < 1.29 is 0 Å². The smallest absolute Gasteiger partial charge is 0.125 e. The largest absolute Gasteiger partial charge is 0.380 e. The number of hydrogen-bond acceptors (Lipinski definition) is 3. The molecule has 0 spiro atoms. The Morgan fingerprint density at radius 2 is 2.00 bits per heavy atom. The number of nitrogens with one attached hydrogen (secondary N) is 1. The van der Waals surface area contributed by atoms with Gasteiger partial charge in [-0.25, -0.2) is 9.97 Å². The minimum absolute atomic E-state index is 0.497. The van der Waals surface area contributed by atoms with E-state index >= 15 is 0 Å². The highest BCUT2D eigenvalue weighted by molar-refractivity contribution is 5.38. The molecule has 1 aromatic heterocycles. The molecule has 1 rings (SSSR count). The maximum atomic E-state index is 4.12. The molecule has 0 radical (unpaired) electrons. The van der Waals surface area contributed by atoms with Gasteiger partial charge in [-0.2, -0.15) is 0 Å². The Morgan fingerprint density at radius 3 is 2.54 bits per heavy atom. The van der Waals surface area contributed by atoms with Crippen LogP contribution in [0.25, 0.3) is 0 Å². The Bertz CT molecular complexity index is 243. The molecule has 1 N–H and O–H groups in total. The van der Waals surface area contributed by atoms with E-state index in [-0.39, 0.29) is 0 Å². The summed E-state index contributed by atoms with van der Waals surface area (Å²) >= 11 is 0. The van der Waals surface area contributed by atoms with Crippen LogP contribution in [-0.2, 0) is 0 Å². The highest BCUT2D eigenvalue weighted by atomic mass is 15.0. The van der Waals surface area contributed by atoms with Gasteiger partial charge in [0.05, 0.1) is 18.1 Å². The molecule has 0 saturated carbocycles. The lowest BCUT2D eigenvalue weighted by atomic mass is 10.2. The summed E-state index contributed by atoms with van der Waals surface area (Å²) in [6.45, 7) is 6.24. The summed E-state index contributed by atoms with van der Waals surface area (Å²) in [7, 11) is 0. The standard InChI is InChI=1S/C10H17N3/c1-4-5-8(2)13-10-6-11-9(3)12-7-10/h6-8,13H,4-5H2,1-3H3. The van der Waals surface area contributed by atoms with Gasteiger partial charge in [0.2, 0.25) is 0 Å². The first kappa shape index (κ1) is 9.96. The summed E-state index contributed by atoms with van der Waals surface area (Å²) in [6, 6.07) is 0.497. The molecule has 0 amide bonds. The van der Waals surface area contributed by atoms with Crippen molar-refractivity contribution in [2.75, 3.05) is 5.32 Å². The van der Waals surface area contributed by atoms with E-state index in [9.17, 15) is 0 Å². The molecule has 1 aromatic rings. The topological polar surface area (TPSA) is 37.8 Å². The van der Waals surface area contributed by atoms with Crippen LogP contribution in [0.1, 0.15) is 32.5 Å². The third-order valence-electron chi connectivity index (χ3n) is 1.92. The zero-order valence-electron chi connectivity index (χ0n) is 8.54. The molecule has 1 atom stereocenters. The second-order valence-electron chi connectivity index (χ2n) is 3.35. The van der Waals surface area contributed by atoms with Gasteiger partial charge in [-0.3, -0.25) is 0 Å². The number of nitrogens with zero attached hydrogens (tertiary/aromatic N) is 2. The molecule has 3 nitrogen and oxygen atoms in total. The van der Waals surface area contributed by atoms with E-state index in [0.717, 1.165) is 11.5 Å². The summed E-state index contributed by atoms with van der Waals surface area (Å²) in [5.41, 5.74) is 1.01. The van der Waals surface area contributed by atoms with Crippen molar-refractivity contribution in [3.05, 3.63) is 18.2 Å². The minimum atomic E-state index is 0.497. The van der Waals surface area contributed by atoms with Crippen molar-refractivity contribution in [1.29, 1.82) is 0 Å². The Balaban J connectivity index is 2.49. The van der Waals surface area contributed by atoms with E-state index < -0.39 is 0 Å². The normalized spacial score (nSPS) is 12.5. The van der Waals surface area contributed by atoms with Gasteiger partial charge in [-0.15, -0.1) is 0 Å². The summed E-state index contributed by atoms with van der Waals surface area (Å²) in [6.07, 6.45) is 6.03. The molecular weight excluding hydrogens is 162 g/mol.